The summed E-state index contributed by atoms with van der Waals surface area (Å²) in [5.41, 5.74) is 0. The van der Waals surface area contributed by atoms with Crippen LogP contribution in [0.15, 0.2) is 0 Å². The summed E-state index contributed by atoms with van der Waals surface area (Å²) in [4.78, 5) is 4.73. The third kappa shape index (κ3) is 5.28. The number of piperidine rings is 1. The predicted octanol–water partition coefficient (Wildman–Crippen LogP) is 1.26. The molecule has 3 nitrogen and oxygen atoms in total. The van der Waals surface area contributed by atoms with Crippen molar-refractivity contribution in [1.82, 2.24) is 15.1 Å². The summed E-state index contributed by atoms with van der Waals surface area (Å²) < 4.78 is 0. The van der Waals surface area contributed by atoms with Crippen LogP contribution in [0.2, 0.25) is 0 Å². The second-order valence-electron chi connectivity index (χ2n) is 5.60. The standard InChI is InChI=1S/C13H29N3/c1-12-7-5-8-14-13(12)11-16(4)10-6-9-15(2)3/h12-14H,5-11H2,1-4H3. The summed E-state index contributed by atoms with van der Waals surface area (Å²) in [5.74, 6) is 0.838. The fourth-order valence-corrected chi connectivity index (χ4v) is 2.44. The van der Waals surface area contributed by atoms with E-state index in [1.165, 1.54) is 45.4 Å². The van der Waals surface area contributed by atoms with Gasteiger partial charge in [-0.3, -0.25) is 0 Å². The van der Waals surface area contributed by atoms with Crippen molar-refractivity contribution in [3.63, 3.8) is 0 Å². The Balaban J connectivity index is 2.14. The van der Waals surface area contributed by atoms with Crippen molar-refractivity contribution in [2.75, 3.05) is 47.3 Å². The van der Waals surface area contributed by atoms with Crippen LogP contribution in [0.5, 0.6) is 0 Å². The third-order valence-corrected chi connectivity index (χ3v) is 3.58. The van der Waals surface area contributed by atoms with Gasteiger partial charge in [0.05, 0.1) is 0 Å². The highest BCUT2D eigenvalue weighted by Gasteiger charge is 2.21. The Morgan fingerprint density at radius 1 is 1.19 bits per heavy atom. The molecule has 96 valence electrons. The smallest absolute Gasteiger partial charge is 0.0220 e. The first-order valence-electron chi connectivity index (χ1n) is 6.66. The molecule has 1 aliphatic rings. The molecule has 1 aliphatic heterocycles. The Kier molecular flexibility index (Phi) is 6.32. The highest BCUT2D eigenvalue weighted by Crippen LogP contribution is 2.16. The molecular formula is C13H29N3. The van der Waals surface area contributed by atoms with Gasteiger partial charge in [0.2, 0.25) is 0 Å². The van der Waals surface area contributed by atoms with Crippen molar-refractivity contribution in [1.29, 1.82) is 0 Å². The molecule has 1 heterocycles. The van der Waals surface area contributed by atoms with Crippen molar-refractivity contribution >= 4 is 0 Å². The molecule has 0 aromatic rings. The normalized spacial score (nSPS) is 26.6. The molecular weight excluding hydrogens is 198 g/mol. The third-order valence-electron chi connectivity index (χ3n) is 3.58. The zero-order chi connectivity index (χ0) is 12.0. The van der Waals surface area contributed by atoms with E-state index in [1.807, 2.05) is 0 Å². The van der Waals surface area contributed by atoms with Gasteiger partial charge in [0.15, 0.2) is 0 Å². The molecule has 1 rings (SSSR count). The van der Waals surface area contributed by atoms with Crippen LogP contribution in [0.25, 0.3) is 0 Å². The van der Waals surface area contributed by atoms with E-state index in [0.29, 0.717) is 6.04 Å². The number of rotatable bonds is 6. The van der Waals surface area contributed by atoms with Gasteiger partial charge in [-0.15, -0.1) is 0 Å². The molecule has 0 bridgehead atoms. The molecule has 1 fully saturated rings. The van der Waals surface area contributed by atoms with Crippen molar-refractivity contribution in [2.45, 2.75) is 32.2 Å². The Labute approximate surface area is 101 Å². The van der Waals surface area contributed by atoms with Gasteiger partial charge in [-0.05, 0) is 66.0 Å². The monoisotopic (exact) mass is 227 g/mol. The van der Waals surface area contributed by atoms with Crippen molar-refractivity contribution in [2.24, 2.45) is 5.92 Å². The molecule has 0 amide bonds. The van der Waals surface area contributed by atoms with Gasteiger partial charge in [-0.1, -0.05) is 6.92 Å². The Bertz CT molecular complexity index is 182. The number of likely N-dealkylation sites (N-methyl/N-ethyl adjacent to an activating group) is 1. The topological polar surface area (TPSA) is 18.5 Å². The Morgan fingerprint density at radius 3 is 2.56 bits per heavy atom. The van der Waals surface area contributed by atoms with E-state index in [9.17, 15) is 0 Å². The minimum atomic E-state index is 0.707. The van der Waals surface area contributed by atoms with Crippen LogP contribution >= 0.6 is 0 Å². The summed E-state index contributed by atoms with van der Waals surface area (Å²) in [6.45, 7) is 7.20. The molecule has 1 saturated heterocycles. The molecule has 3 heteroatoms. The molecule has 0 radical (unpaired) electrons. The molecule has 0 aliphatic carbocycles. The maximum Gasteiger partial charge on any atom is 0.0220 e. The van der Waals surface area contributed by atoms with Crippen LogP contribution < -0.4 is 5.32 Å². The zero-order valence-corrected chi connectivity index (χ0v) is 11.5. The van der Waals surface area contributed by atoms with Crippen LogP contribution in [0.3, 0.4) is 0 Å². The Morgan fingerprint density at radius 2 is 1.94 bits per heavy atom. The van der Waals surface area contributed by atoms with Crippen molar-refractivity contribution in [3.8, 4) is 0 Å². The molecule has 0 spiro atoms. The summed E-state index contributed by atoms with van der Waals surface area (Å²) in [6.07, 6.45) is 4.01. The first-order valence-corrected chi connectivity index (χ1v) is 6.66. The SMILES string of the molecule is CC1CCCNC1CN(C)CCCN(C)C. The lowest BCUT2D eigenvalue weighted by molar-refractivity contribution is 0.210. The van der Waals surface area contributed by atoms with E-state index in [0.717, 1.165) is 5.92 Å². The largest absolute Gasteiger partial charge is 0.312 e. The minimum absolute atomic E-state index is 0.707. The summed E-state index contributed by atoms with van der Waals surface area (Å²) in [5, 5.41) is 3.65. The quantitative estimate of drug-likeness (QED) is 0.737. The first-order chi connectivity index (χ1) is 7.59. The lowest BCUT2D eigenvalue weighted by Crippen LogP contribution is -2.47. The van der Waals surface area contributed by atoms with Gasteiger partial charge >= 0.3 is 0 Å². The average Bonchev–Trinajstić information content (AvgIpc) is 2.21. The number of nitrogens with zero attached hydrogens (tertiary/aromatic N) is 2. The molecule has 2 unspecified atom stereocenters. The Hall–Kier alpha value is -0.120. The van der Waals surface area contributed by atoms with E-state index in [-0.39, 0.29) is 0 Å². The zero-order valence-electron chi connectivity index (χ0n) is 11.5. The van der Waals surface area contributed by atoms with Crippen LogP contribution in [-0.4, -0.2) is 63.2 Å². The predicted molar refractivity (Wildman–Crippen MR) is 70.9 cm³/mol. The number of hydrogen-bond acceptors (Lipinski definition) is 3. The van der Waals surface area contributed by atoms with E-state index in [2.05, 4.69) is 43.2 Å². The summed E-state index contributed by atoms with van der Waals surface area (Å²) in [6, 6.07) is 0.707. The van der Waals surface area contributed by atoms with E-state index >= 15 is 0 Å². The first kappa shape index (κ1) is 13.9. The molecule has 0 saturated carbocycles. The maximum atomic E-state index is 3.65. The van der Waals surface area contributed by atoms with Crippen molar-refractivity contribution in [3.05, 3.63) is 0 Å². The van der Waals surface area contributed by atoms with Gasteiger partial charge in [0.25, 0.3) is 0 Å². The van der Waals surface area contributed by atoms with Crippen LogP contribution in [0.4, 0.5) is 0 Å². The highest BCUT2D eigenvalue weighted by atomic mass is 15.1. The minimum Gasteiger partial charge on any atom is -0.312 e. The second kappa shape index (κ2) is 7.25. The van der Waals surface area contributed by atoms with E-state index in [1.54, 1.807) is 0 Å². The van der Waals surface area contributed by atoms with Crippen LogP contribution in [0.1, 0.15) is 26.2 Å². The van der Waals surface area contributed by atoms with E-state index < -0.39 is 0 Å². The fraction of sp³-hybridized carbons (Fsp3) is 1.00. The number of nitrogens with one attached hydrogen (secondary N) is 1. The van der Waals surface area contributed by atoms with Gasteiger partial charge < -0.3 is 15.1 Å². The van der Waals surface area contributed by atoms with Crippen molar-refractivity contribution < 1.29 is 0 Å². The second-order valence-corrected chi connectivity index (χ2v) is 5.60. The highest BCUT2D eigenvalue weighted by molar-refractivity contribution is 4.80. The van der Waals surface area contributed by atoms with Crippen LogP contribution in [-0.2, 0) is 0 Å². The number of hydrogen-bond donors (Lipinski definition) is 1. The fourth-order valence-electron chi connectivity index (χ4n) is 2.44. The molecule has 2 atom stereocenters. The van der Waals surface area contributed by atoms with Crippen LogP contribution in [0, 0.1) is 5.92 Å². The lowest BCUT2D eigenvalue weighted by Gasteiger charge is -2.33. The molecule has 0 aromatic carbocycles. The van der Waals surface area contributed by atoms with E-state index in [4.69, 9.17) is 0 Å². The van der Waals surface area contributed by atoms with Gasteiger partial charge in [0.1, 0.15) is 0 Å². The molecule has 1 N–H and O–H groups in total. The van der Waals surface area contributed by atoms with Gasteiger partial charge in [-0.2, -0.15) is 0 Å². The maximum absolute atomic E-state index is 3.65. The average molecular weight is 227 g/mol. The molecule has 16 heavy (non-hydrogen) atoms. The van der Waals surface area contributed by atoms with Gasteiger partial charge in [-0.25, -0.2) is 0 Å². The van der Waals surface area contributed by atoms with Gasteiger partial charge in [0, 0.05) is 12.6 Å². The summed E-state index contributed by atoms with van der Waals surface area (Å²) >= 11 is 0. The lowest BCUT2D eigenvalue weighted by atomic mass is 9.92. The molecule has 0 aromatic heterocycles. The summed E-state index contributed by atoms with van der Waals surface area (Å²) in [7, 11) is 6.54.